The Morgan fingerprint density at radius 3 is 1.58 bits per heavy atom. The first-order valence-electron chi connectivity index (χ1n) is 10.1. The number of ether oxygens (including phenoxy) is 1. The smallest absolute Gasteiger partial charge is 0.0654 e. The van der Waals surface area contributed by atoms with Crippen LogP contribution in [0.25, 0.3) is 0 Å². The van der Waals surface area contributed by atoms with E-state index in [1.165, 1.54) is 83.5 Å². The zero-order chi connectivity index (χ0) is 18.0. The molecule has 24 heavy (non-hydrogen) atoms. The van der Waals surface area contributed by atoms with Crippen molar-refractivity contribution in [3.05, 3.63) is 12.2 Å². The van der Waals surface area contributed by atoms with Crippen LogP contribution >= 0.6 is 0 Å². The third-order valence-corrected chi connectivity index (χ3v) is 5.39. The summed E-state index contributed by atoms with van der Waals surface area (Å²) in [4.78, 5) is 11.4. The molecule has 2 nitrogen and oxygen atoms in total. The van der Waals surface area contributed by atoms with Crippen molar-refractivity contribution in [2.45, 2.75) is 115 Å². The van der Waals surface area contributed by atoms with Crippen molar-refractivity contribution in [2.75, 3.05) is 0 Å². The van der Waals surface area contributed by atoms with Gasteiger partial charge in [0, 0.05) is 0 Å². The molecule has 0 amide bonds. The van der Waals surface area contributed by atoms with Gasteiger partial charge in [-0.1, -0.05) is 32.6 Å². The molecule has 0 rings (SSSR count). The second-order valence-electron chi connectivity index (χ2n) is 6.96. The number of unbranched alkanes of at least 4 members (excludes halogenated alkanes) is 13. The van der Waals surface area contributed by atoms with E-state index in [0.717, 1.165) is 12.8 Å². The van der Waals surface area contributed by atoms with Crippen LogP contribution in [0.5, 0.6) is 0 Å². The van der Waals surface area contributed by atoms with Crippen molar-refractivity contribution in [1.29, 1.82) is 0 Å². The fraction of sp³-hybridized carbons (Fsp3) is 0.857. The summed E-state index contributed by atoms with van der Waals surface area (Å²) < 4.78 is 5.35. The first-order valence-corrected chi connectivity index (χ1v) is 11.5. The predicted molar refractivity (Wildman–Crippen MR) is 99.6 cm³/mol. The van der Waals surface area contributed by atoms with Crippen molar-refractivity contribution >= 4 is 5.97 Å². The molecule has 3 heteroatoms. The quantitative estimate of drug-likeness (QED) is 0.121. The van der Waals surface area contributed by atoms with Gasteiger partial charge in [-0.05, 0) is 0 Å². The molecule has 0 aromatic heterocycles. The second kappa shape index (κ2) is 17.7. The minimum atomic E-state index is -0.250. The van der Waals surface area contributed by atoms with Crippen LogP contribution in [-0.4, -0.2) is 10.6 Å². The van der Waals surface area contributed by atoms with Crippen molar-refractivity contribution in [3.8, 4) is 0 Å². The molecule has 0 aromatic rings. The number of esters is 1. The first-order chi connectivity index (χ1) is 11.6. The Kier molecular flexibility index (Phi) is 17.5. The van der Waals surface area contributed by atoms with Gasteiger partial charge >= 0.3 is 128 Å². The maximum absolute atomic E-state index is 11.4. The van der Waals surface area contributed by atoms with Crippen LogP contribution in [0.3, 0.4) is 0 Å². The zero-order valence-corrected chi connectivity index (χ0v) is 18.6. The van der Waals surface area contributed by atoms with Gasteiger partial charge in [0.1, 0.15) is 0 Å². The molecule has 0 saturated heterocycles. The molecule has 0 heterocycles. The van der Waals surface area contributed by atoms with Crippen LogP contribution in [0.15, 0.2) is 12.2 Å². The maximum atomic E-state index is 11.4. The van der Waals surface area contributed by atoms with E-state index in [-0.39, 0.29) is 10.6 Å². The van der Waals surface area contributed by atoms with Gasteiger partial charge in [0.05, 0.1) is 0 Å². The summed E-state index contributed by atoms with van der Waals surface area (Å²) in [5.41, 5.74) is 0.493. The Morgan fingerprint density at radius 2 is 1.21 bits per heavy atom. The van der Waals surface area contributed by atoms with Gasteiger partial charge in [-0.3, -0.25) is 0 Å². The predicted octanol–water partition coefficient (Wildman–Crippen LogP) is 6.85. The number of hydrogen-bond acceptors (Lipinski definition) is 2. The average Bonchev–Trinajstić information content (AvgIpc) is 2.55. The van der Waals surface area contributed by atoms with Crippen molar-refractivity contribution in [3.63, 3.8) is 0 Å². The molecule has 1 atom stereocenters. The molecule has 0 N–H and O–H groups in total. The third kappa shape index (κ3) is 16.7. The van der Waals surface area contributed by atoms with Crippen molar-refractivity contribution in [1.82, 2.24) is 0 Å². The van der Waals surface area contributed by atoms with Gasteiger partial charge in [-0.2, -0.15) is 0 Å². The molecule has 0 spiro atoms. The molecule has 0 aromatic carbocycles. The minimum Gasteiger partial charge on any atom is -0.0654 e. The monoisotopic (exact) mass is 515 g/mol. The normalized spacial score (nSPS) is 12.1. The molecule has 0 aliphatic heterocycles. The van der Waals surface area contributed by atoms with Gasteiger partial charge in [-0.25, -0.2) is 0 Å². The summed E-state index contributed by atoms with van der Waals surface area (Å²) >= 11 is 1.76. The van der Waals surface area contributed by atoms with E-state index in [9.17, 15) is 4.79 Å². The summed E-state index contributed by atoms with van der Waals surface area (Å²) in [6.07, 6.45) is 20.2. The molecule has 0 radical (unpaired) electrons. The third-order valence-electron chi connectivity index (χ3n) is 4.36. The number of carbonyl (C=O) groups is 1. The van der Waals surface area contributed by atoms with Crippen molar-refractivity contribution < 1.29 is 28.1 Å². The molecule has 0 fully saturated rings. The molecular weight excluding hydrogens is 474 g/mol. The van der Waals surface area contributed by atoms with E-state index < -0.39 is 0 Å². The van der Waals surface area contributed by atoms with Gasteiger partial charge in [0.2, 0.25) is 0 Å². The van der Waals surface area contributed by atoms with Crippen LogP contribution in [-0.2, 0) is 28.1 Å². The van der Waals surface area contributed by atoms with Gasteiger partial charge < -0.3 is 0 Å². The Hall–Kier alpha value is -0.154. The summed E-state index contributed by atoms with van der Waals surface area (Å²) in [6.45, 7) is 7.59. The van der Waals surface area contributed by atoms with E-state index in [1.54, 1.807) is 25.5 Å². The van der Waals surface area contributed by atoms with Crippen LogP contribution in [0.2, 0.25) is 0 Å². The summed E-state index contributed by atoms with van der Waals surface area (Å²) in [7, 11) is 0. The molecule has 0 aliphatic carbocycles. The van der Waals surface area contributed by atoms with Crippen molar-refractivity contribution in [2.24, 2.45) is 0 Å². The van der Waals surface area contributed by atoms with E-state index in [1.807, 2.05) is 0 Å². The Balaban J connectivity index is 3.20. The van der Waals surface area contributed by atoms with E-state index in [0.29, 0.717) is 5.57 Å². The van der Waals surface area contributed by atoms with E-state index in [2.05, 4.69) is 13.5 Å². The topological polar surface area (TPSA) is 26.3 Å². The molecule has 0 aliphatic rings. The second-order valence-corrected chi connectivity index (χ2v) is 8.60. The number of carbonyl (C=O) groups excluding carboxylic acids is 1. The van der Waals surface area contributed by atoms with E-state index in [4.69, 9.17) is 4.74 Å². The first kappa shape index (κ1) is 23.8. The SMILES string of the molecule is C=C(C)C(=O)O[CH]([Os])CCCCCCCCCCCCCCCC. The number of hydrogen-bond donors (Lipinski definition) is 0. The molecule has 0 bridgehead atoms. The molecule has 1 unspecified atom stereocenters. The van der Waals surface area contributed by atoms with Crippen LogP contribution in [0, 0.1) is 0 Å². The zero-order valence-electron chi connectivity index (χ0n) is 16.1. The fourth-order valence-corrected chi connectivity index (χ4v) is 3.56. The summed E-state index contributed by atoms with van der Waals surface area (Å²) in [5, 5.41) is 0. The molecule has 0 saturated carbocycles. The summed E-state index contributed by atoms with van der Waals surface area (Å²) in [6, 6.07) is 0. The van der Waals surface area contributed by atoms with Crippen LogP contribution in [0.1, 0.15) is 110 Å². The Morgan fingerprint density at radius 1 is 0.833 bits per heavy atom. The minimum absolute atomic E-state index is 0.0477. The molecular formula is C21H39O2Os. The fourth-order valence-electron chi connectivity index (χ4n) is 2.77. The van der Waals surface area contributed by atoms with Gasteiger partial charge in [-0.15, -0.1) is 0 Å². The Labute approximate surface area is 161 Å². The molecule has 143 valence electrons. The Bertz CT molecular complexity index is 315. The van der Waals surface area contributed by atoms with Gasteiger partial charge in [0.15, 0.2) is 0 Å². The van der Waals surface area contributed by atoms with Crippen LogP contribution < -0.4 is 0 Å². The average molecular weight is 514 g/mol. The standard InChI is InChI=1S/C21H39O2.Os/c1-4-5-6-7-8-9-10-11-12-13-14-15-16-17-18-19-23-21(22)20(2)3;/h19H,2,4-18H2,1,3H3;. The summed E-state index contributed by atoms with van der Waals surface area (Å²) in [5.74, 6) is -0.250. The number of rotatable bonds is 17. The van der Waals surface area contributed by atoms with Gasteiger partial charge in [0.25, 0.3) is 0 Å². The van der Waals surface area contributed by atoms with Crippen LogP contribution in [0.4, 0.5) is 0 Å². The van der Waals surface area contributed by atoms with E-state index >= 15 is 0 Å².